The first-order valence-electron chi connectivity index (χ1n) is 6.79. The minimum atomic E-state index is -0.831. The molecule has 0 bridgehead atoms. The predicted molar refractivity (Wildman–Crippen MR) is 80.2 cm³/mol. The van der Waals surface area contributed by atoms with Crippen molar-refractivity contribution in [3.05, 3.63) is 40.8 Å². The Labute approximate surface area is 122 Å². The van der Waals surface area contributed by atoms with Gasteiger partial charge in [0.1, 0.15) is 11.3 Å². The van der Waals surface area contributed by atoms with E-state index in [0.717, 1.165) is 12.8 Å². The topological polar surface area (TPSA) is 68.9 Å². The number of hydrogen-bond donors (Lipinski definition) is 1. The van der Waals surface area contributed by atoms with Crippen LogP contribution in [0.2, 0.25) is 0 Å². The molecule has 1 aromatic heterocycles. The Balaban J connectivity index is 2.24. The third-order valence-electron chi connectivity index (χ3n) is 2.97. The second-order valence-corrected chi connectivity index (χ2v) is 4.45. The van der Waals surface area contributed by atoms with E-state index >= 15 is 0 Å². The Morgan fingerprint density at radius 3 is 2.86 bits per heavy atom. The normalized spacial score (nSPS) is 11.1. The molecule has 0 amide bonds. The lowest BCUT2D eigenvalue weighted by atomic mass is 10.2. The van der Waals surface area contributed by atoms with Gasteiger partial charge in [-0.15, -0.1) is 0 Å². The van der Waals surface area contributed by atoms with Crippen LogP contribution in [0.25, 0.3) is 11.0 Å². The highest BCUT2D eigenvalue weighted by Crippen LogP contribution is 2.33. The molecular formula is C16H18O5. The summed E-state index contributed by atoms with van der Waals surface area (Å²) in [6.45, 7) is 2.62. The fourth-order valence-corrected chi connectivity index (χ4v) is 1.97. The first kappa shape index (κ1) is 15.0. The minimum Gasteiger partial charge on any atom is -0.499 e. The third kappa shape index (κ3) is 3.37. The van der Waals surface area contributed by atoms with Crippen LogP contribution in [0.4, 0.5) is 0 Å². The maximum atomic E-state index is 11.5. The highest BCUT2D eigenvalue weighted by molar-refractivity contribution is 5.86. The van der Waals surface area contributed by atoms with E-state index < -0.39 is 11.4 Å². The second-order valence-electron chi connectivity index (χ2n) is 4.45. The number of rotatable bonds is 6. The van der Waals surface area contributed by atoms with Crippen molar-refractivity contribution in [1.82, 2.24) is 0 Å². The average Bonchev–Trinajstić information content (AvgIpc) is 2.48. The molecule has 0 aliphatic carbocycles. The van der Waals surface area contributed by atoms with E-state index in [-0.39, 0.29) is 5.75 Å². The lowest BCUT2D eigenvalue weighted by Crippen LogP contribution is -2.02. The third-order valence-corrected chi connectivity index (χ3v) is 2.97. The van der Waals surface area contributed by atoms with E-state index in [0.29, 0.717) is 23.3 Å². The number of fused-ring (bicyclic) bond motifs is 1. The van der Waals surface area contributed by atoms with Crippen LogP contribution in [0.15, 0.2) is 39.6 Å². The van der Waals surface area contributed by atoms with Crippen LogP contribution in [0, 0.1) is 0 Å². The van der Waals surface area contributed by atoms with Crippen LogP contribution in [-0.2, 0) is 0 Å². The predicted octanol–water partition coefficient (Wildman–Crippen LogP) is 3.24. The van der Waals surface area contributed by atoms with Crippen LogP contribution in [0.3, 0.4) is 0 Å². The van der Waals surface area contributed by atoms with Gasteiger partial charge >= 0.3 is 5.63 Å². The molecule has 2 aromatic rings. The van der Waals surface area contributed by atoms with Crippen LogP contribution >= 0.6 is 0 Å². The number of aromatic hydroxyl groups is 1. The Kier molecular flexibility index (Phi) is 4.87. The summed E-state index contributed by atoms with van der Waals surface area (Å²) < 4.78 is 15.7. The van der Waals surface area contributed by atoms with Crippen LogP contribution in [0.1, 0.15) is 19.8 Å². The number of methoxy groups -OCH3 is 1. The summed E-state index contributed by atoms with van der Waals surface area (Å²) in [6, 6.07) is 5.05. The number of ether oxygens (including phenoxy) is 2. The number of benzene rings is 1. The van der Waals surface area contributed by atoms with Crippen molar-refractivity contribution in [2.24, 2.45) is 0 Å². The smallest absolute Gasteiger partial charge is 0.382 e. The summed E-state index contributed by atoms with van der Waals surface area (Å²) in [5, 5.41) is 10.1. The standard InChI is InChI=1S/C16H18O5/c1-3-4-5-6-9-20-11-7-8-12-13(10-11)21-16(18)14(17)15(12)19-2/h4-5,7-8,10,17H,3,6,9H2,1-2H3. The van der Waals surface area contributed by atoms with E-state index in [1.54, 1.807) is 18.2 Å². The zero-order valence-electron chi connectivity index (χ0n) is 12.1. The molecule has 0 atom stereocenters. The molecule has 1 heterocycles. The molecule has 0 saturated carbocycles. The lowest BCUT2D eigenvalue weighted by molar-refractivity contribution is 0.324. The summed E-state index contributed by atoms with van der Waals surface area (Å²) in [5.74, 6) is 0.186. The quantitative estimate of drug-likeness (QED) is 0.502. The molecule has 0 spiro atoms. The van der Waals surface area contributed by atoms with E-state index in [1.807, 2.05) is 0 Å². The van der Waals surface area contributed by atoms with E-state index in [4.69, 9.17) is 13.9 Å². The highest BCUT2D eigenvalue weighted by atomic mass is 16.5. The van der Waals surface area contributed by atoms with E-state index in [2.05, 4.69) is 19.1 Å². The van der Waals surface area contributed by atoms with Crippen molar-refractivity contribution < 1.29 is 19.0 Å². The molecule has 0 aliphatic heterocycles. The molecule has 5 nitrogen and oxygen atoms in total. The molecule has 21 heavy (non-hydrogen) atoms. The highest BCUT2D eigenvalue weighted by Gasteiger charge is 2.14. The van der Waals surface area contributed by atoms with Crippen molar-refractivity contribution in [3.63, 3.8) is 0 Å². The van der Waals surface area contributed by atoms with Crippen LogP contribution in [-0.4, -0.2) is 18.8 Å². The Bertz CT molecular complexity index is 700. The summed E-state index contributed by atoms with van der Waals surface area (Å²) in [7, 11) is 1.39. The zero-order valence-corrected chi connectivity index (χ0v) is 12.1. The molecule has 0 radical (unpaired) electrons. The summed E-state index contributed by atoms with van der Waals surface area (Å²) in [4.78, 5) is 11.5. The Morgan fingerprint density at radius 2 is 2.14 bits per heavy atom. The average molecular weight is 290 g/mol. The van der Waals surface area contributed by atoms with Gasteiger partial charge in [-0.25, -0.2) is 4.79 Å². The zero-order chi connectivity index (χ0) is 15.2. The molecule has 0 saturated heterocycles. The van der Waals surface area contributed by atoms with Gasteiger partial charge in [0.05, 0.1) is 19.1 Å². The van der Waals surface area contributed by atoms with Gasteiger partial charge in [0.2, 0.25) is 5.75 Å². The summed E-state index contributed by atoms with van der Waals surface area (Å²) >= 11 is 0. The van der Waals surface area contributed by atoms with Crippen LogP contribution < -0.4 is 15.1 Å². The largest absolute Gasteiger partial charge is 0.499 e. The van der Waals surface area contributed by atoms with Gasteiger partial charge in [-0.2, -0.15) is 0 Å². The number of allylic oxidation sites excluding steroid dienone is 1. The molecular weight excluding hydrogens is 272 g/mol. The summed E-state index contributed by atoms with van der Waals surface area (Å²) in [6.07, 6.45) is 5.96. The SMILES string of the molecule is CCC=CCCOc1ccc2c(OC)c(O)c(=O)oc2c1. The van der Waals surface area contributed by atoms with Gasteiger partial charge in [0, 0.05) is 6.07 Å². The van der Waals surface area contributed by atoms with Gasteiger partial charge in [-0.1, -0.05) is 19.1 Å². The molecule has 2 rings (SSSR count). The molecule has 5 heteroatoms. The molecule has 1 aromatic carbocycles. The van der Waals surface area contributed by atoms with E-state index in [1.165, 1.54) is 7.11 Å². The fourth-order valence-electron chi connectivity index (χ4n) is 1.97. The Hall–Kier alpha value is -2.43. The van der Waals surface area contributed by atoms with Crippen LogP contribution in [0.5, 0.6) is 17.2 Å². The van der Waals surface area contributed by atoms with Gasteiger partial charge in [-0.05, 0) is 25.0 Å². The van der Waals surface area contributed by atoms with Crippen molar-refractivity contribution in [2.45, 2.75) is 19.8 Å². The fraction of sp³-hybridized carbons (Fsp3) is 0.312. The van der Waals surface area contributed by atoms with E-state index in [9.17, 15) is 9.90 Å². The van der Waals surface area contributed by atoms with Gasteiger partial charge < -0.3 is 19.0 Å². The second kappa shape index (κ2) is 6.83. The monoisotopic (exact) mass is 290 g/mol. The molecule has 0 unspecified atom stereocenters. The summed E-state index contributed by atoms with van der Waals surface area (Å²) in [5.41, 5.74) is -0.515. The molecule has 112 valence electrons. The Morgan fingerprint density at radius 1 is 1.33 bits per heavy atom. The lowest BCUT2D eigenvalue weighted by Gasteiger charge is -2.08. The van der Waals surface area contributed by atoms with Gasteiger partial charge in [0.15, 0.2) is 5.75 Å². The van der Waals surface area contributed by atoms with Crippen molar-refractivity contribution in [2.75, 3.05) is 13.7 Å². The first-order chi connectivity index (χ1) is 10.2. The van der Waals surface area contributed by atoms with Crippen molar-refractivity contribution in [1.29, 1.82) is 0 Å². The molecule has 1 N–H and O–H groups in total. The maximum Gasteiger partial charge on any atom is 0.382 e. The minimum absolute atomic E-state index is 0.110. The van der Waals surface area contributed by atoms with Crippen molar-refractivity contribution >= 4 is 11.0 Å². The van der Waals surface area contributed by atoms with Gasteiger partial charge in [-0.3, -0.25) is 0 Å². The first-order valence-corrected chi connectivity index (χ1v) is 6.79. The molecule has 0 aliphatic rings. The number of hydrogen-bond acceptors (Lipinski definition) is 5. The van der Waals surface area contributed by atoms with Crippen molar-refractivity contribution in [3.8, 4) is 17.2 Å². The van der Waals surface area contributed by atoms with Gasteiger partial charge in [0.25, 0.3) is 0 Å². The maximum absolute atomic E-state index is 11.5. The molecule has 0 fully saturated rings.